The summed E-state index contributed by atoms with van der Waals surface area (Å²) in [6.45, 7) is 7.10. The smallest absolute Gasteiger partial charge is 0.132 e. The molecule has 0 rings (SSSR count). The summed E-state index contributed by atoms with van der Waals surface area (Å²) in [5.74, 6) is 0.371. The molecule has 2 nitrogen and oxygen atoms in total. The summed E-state index contributed by atoms with van der Waals surface area (Å²) in [5, 5.41) is 3.27. The van der Waals surface area contributed by atoms with Gasteiger partial charge in [-0.3, -0.25) is 4.79 Å². The van der Waals surface area contributed by atoms with E-state index in [4.69, 9.17) is 0 Å². The van der Waals surface area contributed by atoms with Gasteiger partial charge in [-0.15, -0.1) is 0 Å². The highest BCUT2D eigenvalue weighted by Gasteiger charge is 1.97. The number of hydrogen-bond acceptors (Lipinski definition) is 2. The van der Waals surface area contributed by atoms with Crippen LogP contribution in [0.5, 0.6) is 0 Å². The Hall–Kier alpha value is -0.370. The van der Waals surface area contributed by atoms with Crippen molar-refractivity contribution in [2.45, 2.75) is 46.1 Å². The Bertz CT molecular complexity index is 110. The molecule has 2 heteroatoms. The van der Waals surface area contributed by atoms with Crippen LogP contribution in [-0.2, 0) is 4.79 Å². The van der Waals surface area contributed by atoms with Gasteiger partial charge in [0.15, 0.2) is 0 Å². The van der Waals surface area contributed by atoms with Crippen molar-refractivity contribution in [3.63, 3.8) is 0 Å². The molecule has 0 aromatic rings. The van der Waals surface area contributed by atoms with Crippen molar-refractivity contribution >= 4 is 5.78 Å². The van der Waals surface area contributed by atoms with Crippen molar-refractivity contribution in [2.24, 2.45) is 0 Å². The Labute approximate surface area is 69.4 Å². The highest BCUT2D eigenvalue weighted by Crippen LogP contribution is 1.93. The zero-order valence-electron chi connectivity index (χ0n) is 7.81. The number of hydrogen-bond donors (Lipinski definition) is 1. The van der Waals surface area contributed by atoms with Crippen LogP contribution in [0.4, 0.5) is 0 Å². The number of nitrogens with one attached hydrogen (secondary N) is 1. The molecule has 0 aromatic heterocycles. The van der Waals surface area contributed by atoms with Gasteiger partial charge in [0.25, 0.3) is 0 Å². The number of ketones is 1. The fraction of sp³-hybridized carbons (Fsp3) is 0.889. The summed E-state index contributed by atoms with van der Waals surface area (Å²) in [6.07, 6.45) is 2.39. The maximum Gasteiger partial charge on any atom is 0.132 e. The van der Waals surface area contributed by atoms with Crippen molar-refractivity contribution in [1.29, 1.82) is 0 Å². The van der Waals surface area contributed by atoms with Gasteiger partial charge >= 0.3 is 0 Å². The van der Waals surface area contributed by atoms with Crippen molar-refractivity contribution in [3.05, 3.63) is 0 Å². The zero-order chi connectivity index (χ0) is 8.69. The predicted molar refractivity (Wildman–Crippen MR) is 47.7 cm³/mol. The lowest BCUT2D eigenvalue weighted by molar-refractivity contribution is -0.118. The van der Waals surface area contributed by atoms with Crippen LogP contribution in [0.2, 0.25) is 0 Å². The van der Waals surface area contributed by atoms with Crippen LogP contribution >= 0.6 is 0 Å². The Morgan fingerprint density at radius 2 is 2.09 bits per heavy atom. The topological polar surface area (TPSA) is 29.1 Å². The molecular weight excluding hydrogens is 138 g/mol. The first kappa shape index (κ1) is 10.6. The number of carbonyl (C=O) groups is 1. The van der Waals surface area contributed by atoms with E-state index in [-0.39, 0.29) is 0 Å². The lowest BCUT2D eigenvalue weighted by atomic mass is 10.2. The molecule has 0 saturated carbocycles. The molecule has 0 atom stereocenters. The molecule has 0 aliphatic rings. The van der Waals surface area contributed by atoms with Gasteiger partial charge in [0.2, 0.25) is 0 Å². The first-order valence-electron chi connectivity index (χ1n) is 4.42. The summed E-state index contributed by atoms with van der Waals surface area (Å²) < 4.78 is 0. The monoisotopic (exact) mass is 157 g/mol. The van der Waals surface area contributed by atoms with E-state index in [1.165, 1.54) is 0 Å². The molecular formula is C9H19NO. The minimum atomic E-state index is 0.371. The maximum absolute atomic E-state index is 10.8. The lowest BCUT2D eigenvalue weighted by Crippen LogP contribution is -2.24. The van der Waals surface area contributed by atoms with Crippen LogP contribution in [-0.4, -0.2) is 18.4 Å². The van der Waals surface area contributed by atoms with E-state index in [0.717, 1.165) is 19.4 Å². The van der Waals surface area contributed by atoms with Crippen molar-refractivity contribution in [2.75, 3.05) is 6.54 Å². The summed E-state index contributed by atoms with van der Waals surface area (Å²) in [5.41, 5.74) is 0. The number of Topliss-reactive ketones (excluding diaryl/α,β-unsaturated/α-hetero) is 1. The highest BCUT2D eigenvalue weighted by atomic mass is 16.1. The molecule has 1 N–H and O–H groups in total. The van der Waals surface area contributed by atoms with E-state index >= 15 is 0 Å². The van der Waals surface area contributed by atoms with Gasteiger partial charge in [-0.25, -0.2) is 0 Å². The van der Waals surface area contributed by atoms with Crippen molar-refractivity contribution in [3.8, 4) is 0 Å². The predicted octanol–water partition coefficient (Wildman–Crippen LogP) is 1.74. The summed E-state index contributed by atoms with van der Waals surface area (Å²) in [4.78, 5) is 10.8. The first-order chi connectivity index (χ1) is 5.16. The number of rotatable bonds is 6. The van der Waals surface area contributed by atoms with Crippen LogP contribution in [0.1, 0.15) is 40.0 Å². The average molecular weight is 157 g/mol. The van der Waals surface area contributed by atoms with E-state index in [2.05, 4.69) is 19.2 Å². The third-order valence-electron chi connectivity index (χ3n) is 1.58. The van der Waals surface area contributed by atoms with Crippen LogP contribution in [0.25, 0.3) is 0 Å². The molecule has 0 radical (unpaired) electrons. The Morgan fingerprint density at radius 1 is 1.45 bits per heavy atom. The molecule has 0 aliphatic heterocycles. The molecule has 0 amide bonds. The van der Waals surface area contributed by atoms with Crippen LogP contribution in [0.3, 0.4) is 0 Å². The summed E-state index contributed by atoms with van der Waals surface area (Å²) in [7, 11) is 0. The Morgan fingerprint density at radius 3 is 2.55 bits per heavy atom. The highest BCUT2D eigenvalue weighted by molar-refractivity contribution is 5.77. The fourth-order valence-electron chi connectivity index (χ4n) is 0.853. The van der Waals surface area contributed by atoms with Gasteiger partial charge < -0.3 is 5.32 Å². The molecule has 0 bridgehead atoms. The quantitative estimate of drug-likeness (QED) is 0.595. The van der Waals surface area contributed by atoms with E-state index in [1.54, 1.807) is 0 Å². The molecule has 0 fully saturated rings. The molecule has 0 saturated heterocycles. The molecule has 0 heterocycles. The molecule has 0 spiro atoms. The summed E-state index contributed by atoms with van der Waals surface area (Å²) >= 11 is 0. The van der Waals surface area contributed by atoms with Gasteiger partial charge in [-0.2, -0.15) is 0 Å². The van der Waals surface area contributed by atoms with Crippen molar-refractivity contribution in [1.82, 2.24) is 5.32 Å². The molecule has 0 aliphatic carbocycles. The second kappa shape index (κ2) is 6.35. The van der Waals surface area contributed by atoms with Crippen LogP contribution < -0.4 is 5.32 Å². The first-order valence-corrected chi connectivity index (χ1v) is 4.42. The minimum absolute atomic E-state index is 0.371. The lowest BCUT2D eigenvalue weighted by Gasteiger charge is -2.06. The molecule has 11 heavy (non-hydrogen) atoms. The van der Waals surface area contributed by atoms with Crippen molar-refractivity contribution < 1.29 is 4.79 Å². The normalized spacial score (nSPS) is 10.5. The van der Waals surface area contributed by atoms with E-state index in [0.29, 0.717) is 18.2 Å². The second-order valence-corrected chi connectivity index (χ2v) is 3.10. The van der Waals surface area contributed by atoms with E-state index in [1.807, 2.05) is 6.92 Å². The average Bonchev–Trinajstić information content (AvgIpc) is 1.97. The van der Waals surface area contributed by atoms with Gasteiger partial charge in [0.1, 0.15) is 5.78 Å². The Balaban J connectivity index is 3.08. The van der Waals surface area contributed by atoms with Gasteiger partial charge in [0.05, 0.1) is 0 Å². The largest absolute Gasteiger partial charge is 0.315 e. The fourth-order valence-corrected chi connectivity index (χ4v) is 0.853. The third kappa shape index (κ3) is 7.53. The minimum Gasteiger partial charge on any atom is -0.315 e. The molecule has 66 valence electrons. The maximum atomic E-state index is 10.8. The number of carbonyl (C=O) groups excluding carboxylic acids is 1. The van der Waals surface area contributed by atoms with E-state index in [9.17, 15) is 4.79 Å². The molecule has 0 unspecified atom stereocenters. The van der Waals surface area contributed by atoms with E-state index < -0.39 is 0 Å². The Kier molecular flexibility index (Phi) is 6.13. The second-order valence-electron chi connectivity index (χ2n) is 3.10. The van der Waals surface area contributed by atoms with Gasteiger partial charge in [-0.05, 0) is 13.0 Å². The summed E-state index contributed by atoms with van der Waals surface area (Å²) in [6, 6.07) is 0.534. The van der Waals surface area contributed by atoms with Gasteiger partial charge in [0, 0.05) is 18.9 Å². The molecule has 0 aromatic carbocycles. The SMILES string of the molecule is CCC(=O)CCCNC(C)C. The van der Waals surface area contributed by atoms with Crippen LogP contribution in [0.15, 0.2) is 0 Å². The van der Waals surface area contributed by atoms with Gasteiger partial charge in [-0.1, -0.05) is 20.8 Å². The zero-order valence-corrected chi connectivity index (χ0v) is 7.81. The standard InChI is InChI=1S/C9H19NO/c1-4-9(11)6-5-7-10-8(2)3/h8,10H,4-7H2,1-3H3. The van der Waals surface area contributed by atoms with Crippen LogP contribution in [0, 0.1) is 0 Å². The third-order valence-corrected chi connectivity index (χ3v) is 1.58.